The number of nitrogens with zero attached hydrogens (tertiary/aromatic N) is 2. The molecular formula is C15H20FN3. The summed E-state index contributed by atoms with van der Waals surface area (Å²) in [6.45, 7) is 6.85. The Bertz CT molecular complexity index is 575. The Labute approximate surface area is 113 Å². The summed E-state index contributed by atoms with van der Waals surface area (Å²) in [7, 11) is 1.95. The standard InChI is InChI=1S/C15H20FN3/c1-10(13-6-5-7-14(16)8-13)17-9-15-11(2)18-19(4)12(15)3/h5-8,10,17H,9H2,1-4H3. The minimum Gasteiger partial charge on any atom is -0.306 e. The van der Waals surface area contributed by atoms with E-state index in [2.05, 4.69) is 17.3 Å². The summed E-state index contributed by atoms with van der Waals surface area (Å²) in [5.41, 5.74) is 4.38. The molecule has 2 rings (SSSR count). The van der Waals surface area contributed by atoms with Gasteiger partial charge < -0.3 is 5.32 Å². The van der Waals surface area contributed by atoms with Crippen LogP contribution in [0.4, 0.5) is 4.39 Å². The van der Waals surface area contributed by atoms with Crippen LogP contribution in [-0.2, 0) is 13.6 Å². The first-order valence-electron chi connectivity index (χ1n) is 6.47. The van der Waals surface area contributed by atoms with E-state index >= 15 is 0 Å². The van der Waals surface area contributed by atoms with Gasteiger partial charge >= 0.3 is 0 Å². The molecule has 1 atom stereocenters. The van der Waals surface area contributed by atoms with E-state index in [-0.39, 0.29) is 11.9 Å². The van der Waals surface area contributed by atoms with Crippen LogP contribution in [0.15, 0.2) is 24.3 Å². The fourth-order valence-electron chi connectivity index (χ4n) is 2.22. The molecule has 4 heteroatoms. The van der Waals surface area contributed by atoms with Gasteiger partial charge in [0.05, 0.1) is 5.69 Å². The molecular weight excluding hydrogens is 241 g/mol. The number of aryl methyl sites for hydroxylation is 2. The highest BCUT2D eigenvalue weighted by Gasteiger charge is 2.11. The highest BCUT2D eigenvalue weighted by molar-refractivity contribution is 5.25. The molecule has 1 N–H and O–H groups in total. The molecule has 3 nitrogen and oxygen atoms in total. The van der Waals surface area contributed by atoms with E-state index in [4.69, 9.17) is 0 Å². The molecule has 0 aliphatic heterocycles. The van der Waals surface area contributed by atoms with Gasteiger partial charge in [0.2, 0.25) is 0 Å². The van der Waals surface area contributed by atoms with Gasteiger partial charge in [-0.25, -0.2) is 4.39 Å². The second kappa shape index (κ2) is 5.53. The van der Waals surface area contributed by atoms with E-state index in [9.17, 15) is 4.39 Å². The predicted molar refractivity (Wildman–Crippen MR) is 74.3 cm³/mol. The van der Waals surface area contributed by atoms with Gasteiger partial charge in [-0.05, 0) is 38.5 Å². The van der Waals surface area contributed by atoms with Crippen LogP contribution < -0.4 is 5.32 Å². The van der Waals surface area contributed by atoms with Crippen LogP contribution in [-0.4, -0.2) is 9.78 Å². The summed E-state index contributed by atoms with van der Waals surface area (Å²) in [4.78, 5) is 0. The number of nitrogens with one attached hydrogen (secondary N) is 1. The Kier molecular flexibility index (Phi) is 4.00. The van der Waals surface area contributed by atoms with Crippen LogP contribution in [0.5, 0.6) is 0 Å². The lowest BCUT2D eigenvalue weighted by Gasteiger charge is -2.14. The number of hydrogen-bond donors (Lipinski definition) is 1. The van der Waals surface area contributed by atoms with Gasteiger partial charge in [-0.3, -0.25) is 4.68 Å². The normalized spacial score (nSPS) is 12.7. The Morgan fingerprint density at radius 1 is 1.37 bits per heavy atom. The zero-order valence-corrected chi connectivity index (χ0v) is 11.9. The van der Waals surface area contributed by atoms with Gasteiger partial charge in [0.1, 0.15) is 5.82 Å². The molecule has 0 amide bonds. The maximum atomic E-state index is 13.2. The highest BCUT2D eigenvalue weighted by atomic mass is 19.1. The van der Waals surface area contributed by atoms with Crippen LogP contribution in [0.2, 0.25) is 0 Å². The number of aromatic nitrogens is 2. The number of halogens is 1. The van der Waals surface area contributed by atoms with Gasteiger partial charge in [-0.1, -0.05) is 12.1 Å². The van der Waals surface area contributed by atoms with Crippen molar-refractivity contribution in [2.45, 2.75) is 33.4 Å². The molecule has 2 aromatic rings. The highest BCUT2D eigenvalue weighted by Crippen LogP contribution is 2.16. The minimum atomic E-state index is -0.195. The third-order valence-corrected chi connectivity index (χ3v) is 3.59. The van der Waals surface area contributed by atoms with E-state index in [0.717, 1.165) is 23.5 Å². The van der Waals surface area contributed by atoms with Gasteiger partial charge in [0, 0.05) is 30.9 Å². The molecule has 0 radical (unpaired) electrons. The summed E-state index contributed by atoms with van der Waals surface area (Å²) in [5.74, 6) is -0.195. The summed E-state index contributed by atoms with van der Waals surface area (Å²) in [6, 6.07) is 6.81. The smallest absolute Gasteiger partial charge is 0.123 e. The molecule has 1 aromatic heterocycles. The fraction of sp³-hybridized carbons (Fsp3) is 0.400. The van der Waals surface area contributed by atoms with Crippen molar-refractivity contribution in [3.8, 4) is 0 Å². The van der Waals surface area contributed by atoms with Crippen molar-refractivity contribution < 1.29 is 4.39 Å². The second-order valence-corrected chi connectivity index (χ2v) is 4.93. The molecule has 0 fully saturated rings. The van der Waals surface area contributed by atoms with E-state index in [1.165, 1.54) is 11.6 Å². The monoisotopic (exact) mass is 261 g/mol. The molecule has 0 saturated carbocycles. The second-order valence-electron chi connectivity index (χ2n) is 4.93. The summed E-state index contributed by atoms with van der Waals surface area (Å²) in [6.07, 6.45) is 0. The molecule has 1 heterocycles. The van der Waals surface area contributed by atoms with Crippen LogP contribution in [0.3, 0.4) is 0 Å². The molecule has 0 bridgehead atoms. The van der Waals surface area contributed by atoms with Crippen molar-refractivity contribution in [1.82, 2.24) is 15.1 Å². The maximum Gasteiger partial charge on any atom is 0.123 e. The summed E-state index contributed by atoms with van der Waals surface area (Å²) < 4.78 is 15.1. The Morgan fingerprint density at radius 2 is 2.11 bits per heavy atom. The Morgan fingerprint density at radius 3 is 2.68 bits per heavy atom. The molecule has 0 spiro atoms. The molecule has 1 aromatic carbocycles. The largest absolute Gasteiger partial charge is 0.306 e. The van der Waals surface area contributed by atoms with Gasteiger partial charge in [-0.2, -0.15) is 5.10 Å². The van der Waals surface area contributed by atoms with Crippen LogP contribution in [0.25, 0.3) is 0 Å². The molecule has 0 aliphatic rings. The van der Waals surface area contributed by atoms with Crippen molar-refractivity contribution in [3.63, 3.8) is 0 Å². The van der Waals surface area contributed by atoms with Crippen LogP contribution in [0.1, 0.15) is 35.5 Å². The number of hydrogen-bond acceptors (Lipinski definition) is 2. The van der Waals surface area contributed by atoms with Crippen molar-refractivity contribution in [1.29, 1.82) is 0 Å². The summed E-state index contributed by atoms with van der Waals surface area (Å²) in [5, 5.41) is 7.81. The SMILES string of the molecule is Cc1nn(C)c(C)c1CNC(C)c1cccc(F)c1. The van der Waals surface area contributed by atoms with Crippen LogP contribution in [0, 0.1) is 19.7 Å². The Balaban J connectivity index is 2.06. The fourth-order valence-corrected chi connectivity index (χ4v) is 2.22. The van der Waals surface area contributed by atoms with Crippen molar-refractivity contribution in [2.75, 3.05) is 0 Å². The average molecular weight is 261 g/mol. The molecule has 102 valence electrons. The van der Waals surface area contributed by atoms with Crippen molar-refractivity contribution in [2.24, 2.45) is 7.05 Å². The molecule has 1 unspecified atom stereocenters. The quantitative estimate of drug-likeness (QED) is 0.916. The molecule has 0 saturated heterocycles. The molecule has 19 heavy (non-hydrogen) atoms. The van der Waals surface area contributed by atoms with E-state index in [0.29, 0.717) is 0 Å². The Hall–Kier alpha value is -1.68. The zero-order valence-electron chi connectivity index (χ0n) is 11.9. The van der Waals surface area contributed by atoms with Gasteiger partial charge in [-0.15, -0.1) is 0 Å². The van der Waals surface area contributed by atoms with Gasteiger partial charge in [0.25, 0.3) is 0 Å². The first-order chi connectivity index (χ1) is 8.99. The first-order valence-corrected chi connectivity index (χ1v) is 6.47. The first kappa shape index (κ1) is 13.7. The van der Waals surface area contributed by atoms with E-state index in [1.807, 2.05) is 31.6 Å². The van der Waals surface area contributed by atoms with E-state index < -0.39 is 0 Å². The lowest BCUT2D eigenvalue weighted by molar-refractivity contribution is 0.562. The lowest BCUT2D eigenvalue weighted by Crippen LogP contribution is -2.19. The van der Waals surface area contributed by atoms with Crippen LogP contribution >= 0.6 is 0 Å². The molecule has 0 aliphatic carbocycles. The van der Waals surface area contributed by atoms with E-state index in [1.54, 1.807) is 12.1 Å². The zero-order chi connectivity index (χ0) is 14.0. The lowest BCUT2D eigenvalue weighted by atomic mass is 10.1. The van der Waals surface area contributed by atoms with Gasteiger partial charge in [0.15, 0.2) is 0 Å². The average Bonchev–Trinajstić information content (AvgIpc) is 2.61. The minimum absolute atomic E-state index is 0.106. The van der Waals surface area contributed by atoms with Crippen molar-refractivity contribution in [3.05, 3.63) is 52.6 Å². The number of rotatable bonds is 4. The third-order valence-electron chi connectivity index (χ3n) is 3.59. The predicted octanol–water partition coefficient (Wildman–Crippen LogP) is 3.03. The summed E-state index contributed by atoms with van der Waals surface area (Å²) >= 11 is 0. The third kappa shape index (κ3) is 3.01. The van der Waals surface area contributed by atoms with Crippen molar-refractivity contribution >= 4 is 0 Å². The maximum absolute atomic E-state index is 13.2. The number of benzene rings is 1. The topological polar surface area (TPSA) is 29.9 Å².